The van der Waals surface area contributed by atoms with Gasteiger partial charge in [-0.1, -0.05) is 49.8 Å². The first-order chi connectivity index (χ1) is 9.45. The summed E-state index contributed by atoms with van der Waals surface area (Å²) in [6.45, 7) is 0. The van der Waals surface area contributed by atoms with Crippen LogP contribution in [0.25, 0.3) is 6.08 Å². The maximum atomic E-state index is 3.54. The Morgan fingerprint density at radius 3 is 2.30 bits per heavy atom. The van der Waals surface area contributed by atoms with Crippen LogP contribution in [0.4, 0.5) is 0 Å². The van der Waals surface area contributed by atoms with E-state index in [0.29, 0.717) is 5.92 Å². The summed E-state index contributed by atoms with van der Waals surface area (Å²) < 4.78 is 0. The third-order valence-corrected chi connectivity index (χ3v) is 4.18. The molecule has 0 aliphatic heterocycles. The predicted octanol–water partition coefficient (Wildman–Crippen LogP) is 5.19. The smallest absolute Gasteiger partial charge is 0.268 e. The van der Waals surface area contributed by atoms with E-state index in [2.05, 4.69) is 36.4 Å². The van der Waals surface area contributed by atoms with Crippen molar-refractivity contribution < 1.29 is 26.2 Å². The number of fused-ring (bicyclic) bond motifs is 1. The van der Waals surface area contributed by atoms with Crippen molar-refractivity contribution in [3.05, 3.63) is 71.8 Å². The van der Waals surface area contributed by atoms with Crippen molar-refractivity contribution in [2.24, 2.45) is 5.92 Å². The molecule has 0 aromatic heterocycles. The van der Waals surface area contributed by atoms with Gasteiger partial charge in [0.15, 0.2) is 0 Å². The van der Waals surface area contributed by atoms with Crippen LogP contribution in [0.5, 0.6) is 0 Å². The van der Waals surface area contributed by atoms with Crippen molar-refractivity contribution in [2.45, 2.75) is 31.6 Å². The third kappa shape index (κ3) is 3.64. The molecule has 0 radical (unpaired) electrons. The number of rotatable bonds is 1. The molecule has 1 unspecified atom stereocenters. The molecule has 2 aliphatic rings. The van der Waals surface area contributed by atoms with Gasteiger partial charge in [-0.2, -0.15) is 23.8 Å². The monoisotopic (exact) mass is 338 g/mol. The summed E-state index contributed by atoms with van der Waals surface area (Å²) in [5.41, 5.74) is 2.91. The molecule has 1 fully saturated rings. The molecule has 0 nitrogen and oxygen atoms in total. The van der Waals surface area contributed by atoms with E-state index in [1.54, 1.807) is 0 Å². The summed E-state index contributed by atoms with van der Waals surface area (Å²) in [5.74, 6) is 1.48. The van der Waals surface area contributed by atoms with Crippen LogP contribution in [0, 0.1) is 12.0 Å². The van der Waals surface area contributed by atoms with Crippen LogP contribution in [0.2, 0.25) is 0 Å². The first-order valence-electron chi connectivity index (χ1n) is 7.30. The van der Waals surface area contributed by atoms with Crippen molar-refractivity contribution >= 4 is 6.08 Å². The average Bonchev–Trinajstić information content (AvgIpc) is 3.21. The third-order valence-electron chi connectivity index (χ3n) is 4.18. The summed E-state index contributed by atoms with van der Waals surface area (Å²) >= 11 is 0. The largest absolute Gasteiger partial charge is 2.00 e. The molecule has 20 heavy (non-hydrogen) atoms. The molecule has 2 aromatic carbocycles. The normalized spacial score (nSPS) is 19.9. The number of benzene rings is 1. The van der Waals surface area contributed by atoms with Gasteiger partial charge in [-0.05, 0) is 5.92 Å². The van der Waals surface area contributed by atoms with Crippen molar-refractivity contribution in [3.63, 3.8) is 0 Å². The topological polar surface area (TPSA) is 0 Å². The van der Waals surface area contributed by atoms with Crippen LogP contribution in [0.1, 0.15) is 42.7 Å². The molecule has 2 aliphatic carbocycles. The SMILES string of the molecule is [C-]1=Cc2ccccc2C1C1CCCC1.[Zr+2].c1cc[cH-]c1. The fourth-order valence-corrected chi connectivity index (χ4v) is 3.20. The van der Waals surface area contributed by atoms with Crippen molar-refractivity contribution in [2.75, 3.05) is 0 Å². The van der Waals surface area contributed by atoms with Gasteiger partial charge < -0.3 is 0 Å². The quantitative estimate of drug-likeness (QED) is 0.627. The molecule has 0 spiro atoms. The summed E-state index contributed by atoms with van der Waals surface area (Å²) in [5, 5.41) is 0. The summed E-state index contributed by atoms with van der Waals surface area (Å²) in [6.07, 6.45) is 11.4. The van der Waals surface area contributed by atoms with Crippen LogP contribution in [-0.4, -0.2) is 0 Å². The summed E-state index contributed by atoms with van der Waals surface area (Å²) in [6, 6.07) is 18.8. The minimum absolute atomic E-state index is 0. The van der Waals surface area contributed by atoms with E-state index in [0.717, 1.165) is 5.92 Å². The zero-order valence-corrected chi connectivity index (χ0v) is 14.2. The number of hydrogen-bond donors (Lipinski definition) is 0. The fraction of sp³-hybridized carbons (Fsp3) is 0.316. The minimum Gasteiger partial charge on any atom is -0.268 e. The van der Waals surface area contributed by atoms with Crippen LogP contribution in [0.15, 0.2) is 54.6 Å². The predicted molar refractivity (Wildman–Crippen MR) is 80.9 cm³/mol. The molecule has 0 bridgehead atoms. The molecular weight excluding hydrogens is 319 g/mol. The molecule has 1 saturated carbocycles. The Morgan fingerprint density at radius 2 is 1.65 bits per heavy atom. The zero-order valence-electron chi connectivity index (χ0n) is 11.8. The van der Waals surface area contributed by atoms with Gasteiger partial charge >= 0.3 is 26.2 Å². The van der Waals surface area contributed by atoms with Crippen molar-refractivity contribution in [1.82, 2.24) is 0 Å². The van der Waals surface area contributed by atoms with E-state index in [9.17, 15) is 0 Å². The first kappa shape index (κ1) is 15.6. The van der Waals surface area contributed by atoms with E-state index in [1.165, 1.54) is 36.8 Å². The molecule has 1 atom stereocenters. The standard InChI is InChI=1S/C14H15.C5H5.Zr/c1-2-6-11(5-1)14-10-9-12-7-3-4-8-13(12)14;1-2-4-5-3-1;/h3-4,7-9,11,14H,1-2,5-6H2;1-5H;/q2*-1;+2. The van der Waals surface area contributed by atoms with Gasteiger partial charge in [-0.25, -0.2) is 18.2 Å². The van der Waals surface area contributed by atoms with E-state index < -0.39 is 0 Å². The fourth-order valence-electron chi connectivity index (χ4n) is 3.20. The first-order valence-corrected chi connectivity index (χ1v) is 7.30. The number of hydrogen-bond acceptors (Lipinski definition) is 0. The van der Waals surface area contributed by atoms with Gasteiger partial charge in [0, 0.05) is 0 Å². The maximum Gasteiger partial charge on any atom is 2.00 e. The Balaban J connectivity index is 0.000000210. The molecule has 0 amide bonds. The Morgan fingerprint density at radius 1 is 0.950 bits per heavy atom. The summed E-state index contributed by atoms with van der Waals surface area (Å²) in [7, 11) is 0. The zero-order chi connectivity index (χ0) is 12.9. The van der Waals surface area contributed by atoms with Gasteiger partial charge in [0.25, 0.3) is 0 Å². The summed E-state index contributed by atoms with van der Waals surface area (Å²) in [4.78, 5) is 0. The van der Waals surface area contributed by atoms with Gasteiger partial charge in [-0.15, -0.1) is 11.6 Å². The van der Waals surface area contributed by atoms with E-state index >= 15 is 0 Å². The molecule has 100 valence electrons. The molecule has 0 heterocycles. The van der Waals surface area contributed by atoms with Crippen molar-refractivity contribution in [1.29, 1.82) is 0 Å². The van der Waals surface area contributed by atoms with Gasteiger partial charge in [-0.3, -0.25) is 6.08 Å². The van der Waals surface area contributed by atoms with E-state index in [-0.39, 0.29) is 26.2 Å². The molecular formula is C19H20Zr. The van der Waals surface area contributed by atoms with Crippen molar-refractivity contribution in [3.8, 4) is 0 Å². The number of allylic oxidation sites excluding steroid dienone is 1. The van der Waals surface area contributed by atoms with Gasteiger partial charge in [0.1, 0.15) is 0 Å². The minimum atomic E-state index is 0. The van der Waals surface area contributed by atoms with Crippen LogP contribution < -0.4 is 0 Å². The maximum absolute atomic E-state index is 3.54. The Kier molecular flexibility index (Phi) is 6.11. The van der Waals surface area contributed by atoms with Crippen LogP contribution in [0.3, 0.4) is 0 Å². The van der Waals surface area contributed by atoms with E-state index in [4.69, 9.17) is 0 Å². The molecule has 0 saturated heterocycles. The van der Waals surface area contributed by atoms with Crippen LogP contribution >= 0.6 is 0 Å². The van der Waals surface area contributed by atoms with E-state index in [1.807, 2.05) is 30.3 Å². The second kappa shape index (κ2) is 7.84. The molecule has 0 N–H and O–H groups in total. The Bertz CT molecular complexity index is 501. The van der Waals surface area contributed by atoms with Gasteiger partial charge in [0.2, 0.25) is 0 Å². The van der Waals surface area contributed by atoms with Crippen LogP contribution in [-0.2, 0) is 26.2 Å². The second-order valence-electron chi connectivity index (χ2n) is 5.42. The Labute approximate surface area is 141 Å². The molecule has 2 aromatic rings. The Hall–Kier alpha value is -0.807. The average molecular weight is 340 g/mol. The second-order valence-corrected chi connectivity index (χ2v) is 5.42. The van der Waals surface area contributed by atoms with Gasteiger partial charge in [0.05, 0.1) is 0 Å². The molecule has 4 rings (SSSR count). The molecule has 1 heteroatoms.